The largest absolute Gasteiger partial charge is 0.390 e. The number of imidazole rings is 1. The van der Waals surface area contributed by atoms with E-state index >= 15 is 0 Å². The predicted molar refractivity (Wildman–Crippen MR) is 122 cm³/mol. The first-order chi connectivity index (χ1) is 14.8. The molecule has 0 spiro atoms. The summed E-state index contributed by atoms with van der Waals surface area (Å²) >= 11 is 1.14. The van der Waals surface area contributed by atoms with Gasteiger partial charge >= 0.3 is 11.9 Å². The van der Waals surface area contributed by atoms with Crippen molar-refractivity contribution in [3.63, 3.8) is 0 Å². The molecule has 0 aliphatic heterocycles. The first-order valence-corrected chi connectivity index (χ1v) is 10.5. The Morgan fingerprint density at radius 1 is 1.09 bits per heavy atom. The van der Waals surface area contributed by atoms with Gasteiger partial charge in [-0.2, -0.15) is 13.2 Å². The van der Waals surface area contributed by atoms with Crippen LogP contribution in [0.2, 0.25) is 0 Å². The predicted octanol–water partition coefficient (Wildman–Crippen LogP) is 3.29. The highest BCUT2D eigenvalue weighted by molar-refractivity contribution is 8.00. The van der Waals surface area contributed by atoms with Gasteiger partial charge in [-0.15, -0.1) is 12.4 Å². The summed E-state index contributed by atoms with van der Waals surface area (Å²) in [4.78, 5) is 30.4. The number of halogens is 5. The smallest absolute Gasteiger partial charge is 0.329 e. The van der Waals surface area contributed by atoms with E-state index < -0.39 is 41.0 Å². The van der Waals surface area contributed by atoms with Gasteiger partial charge in [0.05, 0.1) is 13.0 Å². The molecule has 0 radical (unpaired) electrons. The summed E-state index contributed by atoms with van der Waals surface area (Å²) < 4.78 is 54.9. The molecule has 0 saturated heterocycles. The lowest BCUT2D eigenvalue weighted by Gasteiger charge is -2.21. The molecule has 3 rings (SSSR count). The summed E-state index contributed by atoms with van der Waals surface area (Å²) in [5.74, 6) is -0.473. The number of benzene rings is 1. The Balaban J connectivity index is 0.00000385. The van der Waals surface area contributed by atoms with E-state index in [4.69, 9.17) is 5.73 Å². The van der Waals surface area contributed by atoms with Crippen molar-refractivity contribution < 1.29 is 17.6 Å². The highest BCUT2D eigenvalue weighted by Gasteiger charge is 2.30. The van der Waals surface area contributed by atoms with Crippen LogP contribution in [0.4, 0.5) is 17.6 Å². The number of aryl methyl sites for hydroxylation is 2. The van der Waals surface area contributed by atoms with Gasteiger partial charge in [-0.1, -0.05) is 23.9 Å². The average Bonchev–Trinajstić information content (AvgIpc) is 3.06. The number of alkyl halides is 3. The lowest BCUT2D eigenvalue weighted by Crippen LogP contribution is -2.40. The Kier molecular flexibility index (Phi) is 8.08. The fourth-order valence-corrected chi connectivity index (χ4v) is 4.08. The fourth-order valence-electron chi connectivity index (χ4n) is 3.08. The second kappa shape index (κ2) is 9.90. The van der Waals surface area contributed by atoms with Gasteiger partial charge in [0.1, 0.15) is 5.82 Å². The molecule has 2 N–H and O–H groups in total. The molecular formula is C20H24ClF4N5O2S. The number of rotatable bonds is 7. The third-order valence-electron chi connectivity index (χ3n) is 4.93. The van der Waals surface area contributed by atoms with Gasteiger partial charge < -0.3 is 10.3 Å². The molecule has 0 aliphatic carbocycles. The maximum absolute atomic E-state index is 13.3. The van der Waals surface area contributed by atoms with Gasteiger partial charge in [-0.3, -0.25) is 13.9 Å². The van der Waals surface area contributed by atoms with E-state index in [0.717, 1.165) is 20.9 Å². The molecule has 0 unspecified atom stereocenters. The zero-order valence-corrected chi connectivity index (χ0v) is 19.8. The molecule has 2 aromatic heterocycles. The van der Waals surface area contributed by atoms with Gasteiger partial charge in [0.25, 0.3) is 5.56 Å². The van der Waals surface area contributed by atoms with Crippen molar-refractivity contribution in [3.8, 4) is 0 Å². The number of nitrogens with zero attached hydrogens (tertiary/aromatic N) is 4. The molecule has 0 amide bonds. The minimum Gasteiger partial charge on any atom is -0.329 e. The molecule has 33 heavy (non-hydrogen) atoms. The summed E-state index contributed by atoms with van der Waals surface area (Å²) in [5.41, 5.74) is 4.70. The van der Waals surface area contributed by atoms with Crippen LogP contribution in [0.25, 0.3) is 11.2 Å². The maximum Gasteiger partial charge on any atom is 0.390 e. The highest BCUT2D eigenvalue weighted by Crippen LogP contribution is 2.33. The normalized spacial score (nSPS) is 12.2. The lowest BCUT2D eigenvalue weighted by atomic mass is 10.2. The Morgan fingerprint density at radius 2 is 1.70 bits per heavy atom. The number of nitrogens with two attached hydrogens (primary N) is 1. The SMILES string of the molecule is Cl.Cn1c(=O)n(Cc2ccc(F)cc2)c(=O)c2c1nc(SC(C)(C)CN)n2CCC(F)(F)F. The summed E-state index contributed by atoms with van der Waals surface area (Å²) in [5, 5.41) is 0.173. The van der Waals surface area contributed by atoms with Crippen molar-refractivity contribution in [2.24, 2.45) is 12.8 Å². The summed E-state index contributed by atoms with van der Waals surface area (Å²) in [7, 11) is 1.40. The zero-order chi connectivity index (χ0) is 23.8. The molecule has 0 fully saturated rings. The van der Waals surface area contributed by atoms with E-state index in [2.05, 4.69) is 4.98 Å². The van der Waals surface area contributed by atoms with Crippen LogP contribution in [0.1, 0.15) is 25.8 Å². The van der Waals surface area contributed by atoms with Crippen LogP contribution in [0, 0.1) is 5.82 Å². The average molecular weight is 510 g/mol. The molecule has 182 valence electrons. The number of thioether (sulfide) groups is 1. The van der Waals surface area contributed by atoms with E-state index in [1.54, 1.807) is 13.8 Å². The van der Waals surface area contributed by atoms with Gasteiger partial charge in [0.2, 0.25) is 0 Å². The van der Waals surface area contributed by atoms with Gasteiger partial charge in [-0.05, 0) is 31.5 Å². The standard InChI is InChI=1S/C20H23F4N5O2S.ClH/c1-19(2,11-25)32-17-26-15-14(28(17)9-8-20(22,23)24)16(30)29(18(31)27(15)3)10-12-4-6-13(21)7-5-12;/h4-7H,8-11,25H2,1-3H3;1H. The zero-order valence-electron chi connectivity index (χ0n) is 18.1. The topological polar surface area (TPSA) is 87.8 Å². The van der Waals surface area contributed by atoms with Crippen LogP contribution >= 0.6 is 24.2 Å². The second-order valence-corrected chi connectivity index (χ2v) is 9.68. The van der Waals surface area contributed by atoms with Crippen molar-refractivity contribution in [1.29, 1.82) is 0 Å². The van der Waals surface area contributed by atoms with Crippen molar-refractivity contribution in [1.82, 2.24) is 18.7 Å². The highest BCUT2D eigenvalue weighted by atomic mass is 35.5. The summed E-state index contributed by atoms with van der Waals surface area (Å²) in [6.45, 7) is 3.12. The number of hydrogen-bond acceptors (Lipinski definition) is 5. The monoisotopic (exact) mass is 509 g/mol. The van der Waals surface area contributed by atoms with E-state index in [9.17, 15) is 27.2 Å². The third kappa shape index (κ3) is 5.98. The third-order valence-corrected chi connectivity index (χ3v) is 6.14. The van der Waals surface area contributed by atoms with Crippen molar-refractivity contribution in [3.05, 3.63) is 56.5 Å². The first kappa shape index (κ1) is 26.9. The Bertz CT molecular complexity index is 1250. The van der Waals surface area contributed by atoms with Crippen molar-refractivity contribution in [2.75, 3.05) is 6.54 Å². The summed E-state index contributed by atoms with van der Waals surface area (Å²) in [6.07, 6.45) is -5.62. The van der Waals surface area contributed by atoms with E-state index in [1.165, 1.54) is 35.9 Å². The van der Waals surface area contributed by atoms with Crippen LogP contribution in [0.5, 0.6) is 0 Å². The van der Waals surface area contributed by atoms with Crippen LogP contribution in [0.15, 0.2) is 39.0 Å². The lowest BCUT2D eigenvalue weighted by molar-refractivity contribution is -0.136. The second-order valence-electron chi connectivity index (χ2n) is 8.01. The molecule has 1 aromatic carbocycles. The first-order valence-electron chi connectivity index (χ1n) is 9.73. The maximum atomic E-state index is 13.3. The quantitative estimate of drug-likeness (QED) is 0.390. The molecular weight excluding hydrogens is 486 g/mol. The Morgan fingerprint density at radius 3 is 2.24 bits per heavy atom. The Hall–Kier alpha value is -2.31. The van der Waals surface area contributed by atoms with Gasteiger partial charge in [0.15, 0.2) is 16.3 Å². The Labute approximate surface area is 197 Å². The van der Waals surface area contributed by atoms with Crippen LogP contribution in [0.3, 0.4) is 0 Å². The van der Waals surface area contributed by atoms with Crippen molar-refractivity contribution in [2.45, 2.75) is 49.4 Å². The molecule has 3 aromatic rings. The number of hydrogen-bond donors (Lipinski definition) is 1. The number of aromatic nitrogens is 4. The van der Waals surface area contributed by atoms with Crippen LogP contribution in [-0.2, 0) is 20.1 Å². The van der Waals surface area contributed by atoms with Gasteiger partial charge in [0, 0.05) is 24.9 Å². The van der Waals surface area contributed by atoms with Gasteiger partial charge in [-0.25, -0.2) is 14.2 Å². The number of fused-ring (bicyclic) bond motifs is 1. The van der Waals surface area contributed by atoms with E-state index in [0.29, 0.717) is 5.56 Å². The molecule has 0 aliphatic rings. The fraction of sp³-hybridized carbons (Fsp3) is 0.450. The molecule has 0 atom stereocenters. The molecule has 7 nitrogen and oxygen atoms in total. The minimum absolute atomic E-state index is 0. The van der Waals surface area contributed by atoms with Crippen LogP contribution < -0.4 is 17.0 Å². The molecule has 0 bridgehead atoms. The van der Waals surface area contributed by atoms with Crippen molar-refractivity contribution >= 4 is 35.3 Å². The van der Waals surface area contributed by atoms with Crippen LogP contribution in [-0.4, -0.2) is 36.2 Å². The molecule has 13 heteroatoms. The summed E-state index contributed by atoms with van der Waals surface area (Å²) in [6, 6.07) is 5.25. The molecule has 2 heterocycles. The van der Waals surface area contributed by atoms with E-state index in [1.807, 2.05) is 0 Å². The van der Waals surface area contributed by atoms with E-state index in [-0.39, 0.29) is 41.8 Å². The minimum atomic E-state index is -4.45. The molecule has 0 saturated carbocycles.